The van der Waals surface area contributed by atoms with Crippen molar-refractivity contribution in [1.29, 1.82) is 0 Å². The van der Waals surface area contributed by atoms with Crippen LogP contribution >= 0.6 is 24.0 Å². The molecule has 148 valence electrons. The molecule has 1 heterocycles. The first kappa shape index (κ1) is 23.0. The van der Waals surface area contributed by atoms with Crippen LogP contribution in [0.3, 0.4) is 0 Å². The molecule has 1 aliphatic heterocycles. The fourth-order valence-electron chi connectivity index (χ4n) is 3.24. The molecule has 1 fully saturated rings. The molecular weight excluding hydrogens is 439 g/mol. The van der Waals surface area contributed by atoms with Crippen LogP contribution in [0.4, 0.5) is 0 Å². The molecule has 1 saturated heterocycles. The minimum absolute atomic E-state index is 0. The third-order valence-corrected chi connectivity index (χ3v) is 4.47. The molecule has 0 aromatic heterocycles. The number of hydrogen-bond acceptors (Lipinski definition) is 3. The summed E-state index contributed by atoms with van der Waals surface area (Å²) in [4.78, 5) is 6.89. The van der Waals surface area contributed by atoms with Gasteiger partial charge in [-0.2, -0.15) is 0 Å². The maximum Gasteiger partial charge on any atom is 0.191 e. The van der Waals surface area contributed by atoms with Gasteiger partial charge in [0.05, 0.1) is 0 Å². The molecule has 0 radical (unpaired) electrons. The molecule has 5 nitrogen and oxygen atoms in total. The van der Waals surface area contributed by atoms with Crippen molar-refractivity contribution in [3.8, 4) is 5.75 Å². The van der Waals surface area contributed by atoms with Crippen LogP contribution < -0.4 is 15.4 Å². The SMILES string of the molecule is CCN1CCCC1CNC(=NC)NCc1ccccc1OC(C)(C)C.I. The number of nitrogens with one attached hydrogen (secondary N) is 2. The Kier molecular flexibility index (Phi) is 9.71. The summed E-state index contributed by atoms with van der Waals surface area (Å²) in [6.45, 7) is 12.4. The highest BCUT2D eigenvalue weighted by Crippen LogP contribution is 2.22. The number of aliphatic imine (C=N–C) groups is 1. The molecule has 1 aromatic rings. The van der Waals surface area contributed by atoms with Gasteiger partial charge in [-0.15, -0.1) is 24.0 Å². The zero-order valence-corrected chi connectivity index (χ0v) is 19.2. The highest BCUT2D eigenvalue weighted by molar-refractivity contribution is 14.0. The summed E-state index contributed by atoms with van der Waals surface area (Å²) in [6.07, 6.45) is 2.56. The number of hydrogen-bond donors (Lipinski definition) is 2. The molecule has 0 spiro atoms. The van der Waals surface area contributed by atoms with Crippen LogP contribution in [0.1, 0.15) is 46.1 Å². The summed E-state index contributed by atoms with van der Waals surface area (Å²) < 4.78 is 6.06. The molecule has 1 aliphatic rings. The second-order valence-corrected chi connectivity index (χ2v) is 7.55. The van der Waals surface area contributed by atoms with E-state index < -0.39 is 0 Å². The quantitative estimate of drug-likeness (QED) is 0.376. The Bertz CT molecular complexity index is 571. The van der Waals surface area contributed by atoms with Crippen LogP contribution in [0, 0.1) is 0 Å². The third-order valence-electron chi connectivity index (χ3n) is 4.47. The summed E-state index contributed by atoms with van der Waals surface area (Å²) >= 11 is 0. The molecule has 1 unspecified atom stereocenters. The third kappa shape index (κ3) is 7.31. The van der Waals surface area contributed by atoms with Crippen LogP contribution in [-0.2, 0) is 6.54 Å². The van der Waals surface area contributed by atoms with E-state index in [4.69, 9.17) is 4.74 Å². The molecule has 0 saturated carbocycles. The number of benzene rings is 1. The van der Waals surface area contributed by atoms with Gasteiger partial charge in [0, 0.05) is 31.7 Å². The van der Waals surface area contributed by atoms with Crippen molar-refractivity contribution in [2.45, 2.75) is 58.7 Å². The normalized spacial score (nSPS) is 18.3. The van der Waals surface area contributed by atoms with Gasteiger partial charge >= 0.3 is 0 Å². The maximum atomic E-state index is 6.06. The highest BCUT2D eigenvalue weighted by Gasteiger charge is 2.22. The summed E-state index contributed by atoms with van der Waals surface area (Å²) in [5.41, 5.74) is 0.929. The molecule has 0 bridgehead atoms. The Morgan fingerprint density at radius 1 is 1.27 bits per heavy atom. The number of halogens is 1. The summed E-state index contributed by atoms with van der Waals surface area (Å²) in [6, 6.07) is 8.78. The van der Waals surface area contributed by atoms with Gasteiger partial charge < -0.3 is 15.4 Å². The largest absolute Gasteiger partial charge is 0.488 e. The van der Waals surface area contributed by atoms with Crippen LogP contribution in [0.5, 0.6) is 5.75 Å². The molecule has 0 amide bonds. The number of guanidine groups is 1. The van der Waals surface area contributed by atoms with E-state index in [0.29, 0.717) is 12.6 Å². The Morgan fingerprint density at radius 3 is 2.65 bits per heavy atom. The Labute approximate surface area is 176 Å². The van der Waals surface area contributed by atoms with Crippen LogP contribution in [-0.4, -0.2) is 49.2 Å². The summed E-state index contributed by atoms with van der Waals surface area (Å²) in [5, 5.41) is 6.88. The van der Waals surface area contributed by atoms with E-state index in [1.165, 1.54) is 19.4 Å². The minimum atomic E-state index is -0.206. The molecule has 2 rings (SSSR count). The zero-order valence-electron chi connectivity index (χ0n) is 16.8. The van der Waals surface area contributed by atoms with Crippen molar-refractivity contribution < 1.29 is 4.74 Å². The maximum absolute atomic E-state index is 6.06. The lowest BCUT2D eigenvalue weighted by Gasteiger charge is -2.25. The Balaban J connectivity index is 0.00000338. The molecule has 1 atom stereocenters. The van der Waals surface area contributed by atoms with Crippen molar-refractivity contribution in [3.05, 3.63) is 29.8 Å². The number of likely N-dealkylation sites (tertiary alicyclic amines) is 1. The van der Waals surface area contributed by atoms with E-state index in [2.05, 4.69) is 54.3 Å². The molecule has 26 heavy (non-hydrogen) atoms. The molecule has 1 aromatic carbocycles. The van der Waals surface area contributed by atoms with Crippen molar-refractivity contribution in [3.63, 3.8) is 0 Å². The van der Waals surface area contributed by atoms with Gasteiger partial charge in [-0.1, -0.05) is 25.1 Å². The van der Waals surface area contributed by atoms with Crippen LogP contribution in [0.15, 0.2) is 29.3 Å². The average Bonchev–Trinajstić information content (AvgIpc) is 3.02. The first-order valence-electron chi connectivity index (χ1n) is 9.38. The predicted octanol–water partition coefficient (Wildman–Crippen LogP) is 3.63. The predicted molar refractivity (Wildman–Crippen MR) is 121 cm³/mol. The van der Waals surface area contributed by atoms with Gasteiger partial charge in [0.2, 0.25) is 0 Å². The molecule has 6 heteroatoms. The second-order valence-electron chi connectivity index (χ2n) is 7.55. The van der Waals surface area contributed by atoms with Gasteiger partial charge in [-0.05, 0) is 52.8 Å². The van der Waals surface area contributed by atoms with Gasteiger partial charge in [0.25, 0.3) is 0 Å². The fourth-order valence-corrected chi connectivity index (χ4v) is 3.24. The number of likely N-dealkylation sites (N-methyl/N-ethyl adjacent to an activating group) is 1. The van der Waals surface area contributed by atoms with Crippen molar-refractivity contribution >= 4 is 29.9 Å². The Hall–Kier alpha value is -1.02. The van der Waals surface area contributed by atoms with E-state index in [0.717, 1.165) is 30.4 Å². The Morgan fingerprint density at radius 2 is 2.00 bits per heavy atom. The molecule has 0 aliphatic carbocycles. The lowest BCUT2D eigenvalue weighted by Crippen LogP contribution is -2.44. The van der Waals surface area contributed by atoms with Crippen molar-refractivity contribution in [1.82, 2.24) is 15.5 Å². The van der Waals surface area contributed by atoms with E-state index in [1.54, 1.807) is 0 Å². The van der Waals surface area contributed by atoms with Gasteiger partial charge in [0.1, 0.15) is 11.4 Å². The van der Waals surface area contributed by atoms with Gasteiger partial charge in [-0.3, -0.25) is 9.89 Å². The van der Waals surface area contributed by atoms with E-state index in [1.807, 2.05) is 25.2 Å². The lowest BCUT2D eigenvalue weighted by molar-refractivity contribution is 0.129. The summed E-state index contributed by atoms with van der Waals surface area (Å²) in [5.74, 6) is 1.76. The second kappa shape index (κ2) is 11.0. The topological polar surface area (TPSA) is 48.9 Å². The monoisotopic (exact) mass is 474 g/mol. The number of para-hydroxylation sites is 1. The smallest absolute Gasteiger partial charge is 0.191 e. The van der Waals surface area contributed by atoms with E-state index >= 15 is 0 Å². The van der Waals surface area contributed by atoms with Gasteiger partial charge in [0.15, 0.2) is 5.96 Å². The van der Waals surface area contributed by atoms with Gasteiger partial charge in [-0.25, -0.2) is 0 Å². The lowest BCUT2D eigenvalue weighted by atomic mass is 10.1. The van der Waals surface area contributed by atoms with E-state index in [-0.39, 0.29) is 29.6 Å². The average molecular weight is 474 g/mol. The van der Waals surface area contributed by atoms with Crippen molar-refractivity contribution in [2.75, 3.05) is 26.7 Å². The number of nitrogens with zero attached hydrogens (tertiary/aromatic N) is 2. The van der Waals surface area contributed by atoms with Crippen molar-refractivity contribution in [2.24, 2.45) is 4.99 Å². The molecular formula is C20H35IN4O. The van der Waals surface area contributed by atoms with Crippen LogP contribution in [0.2, 0.25) is 0 Å². The summed E-state index contributed by atoms with van der Waals surface area (Å²) in [7, 11) is 1.82. The first-order chi connectivity index (χ1) is 11.9. The van der Waals surface area contributed by atoms with E-state index in [9.17, 15) is 0 Å². The minimum Gasteiger partial charge on any atom is -0.488 e. The standard InChI is InChI=1S/C20H34N4O.HI/c1-6-24-13-9-11-17(24)15-23-19(21-5)22-14-16-10-7-8-12-18(16)25-20(2,3)4;/h7-8,10,12,17H,6,9,11,13-15H2,1-5H3,(H2,21,22,23);1H. The van der Waals surface area contributed by atoms with Crippen LogP contribution in [0.25, 0.3) is 0 Å². The fraction of sp³-hybridized carbons (Fsp3) is 0.650. The number of ether oxygens (including phenoxy) is 1. The molecule has 2 N–H and O–H groups in total. The highest BCUT2D eigenvalue weighted by atomic mass is 127. The number of rotatable bonds is 6. The first-order valence-corrected chi connectivity index (χ1v) is 9.38. The zero-order chi connectivity index (χ0) is 18.3.